The number of amides is 1. The smallest absolute Gasteiger partial charge is 0.240 e. The summed E-state index contributed by atoms with van der Waals surface area (Å²) >= 11 is 0. The van der Waals surface area contributed by atoms with Crippen LogP contribution in [0.5, 0.6) is 0 Å². The van der Waals surface area contributed by atoms with E-state index in [0.29, 0.717) is 12.0 Å². The predicted octanol–water partition coefficient (Wildman–Crippen LogP) is 2.99. The molecule has 1 unspecified atom stereocenters. The zero-order valence-corrected chi connectivity index (χ0v) is 12.6. The van der Waals surface area contributed by atoms with E-state index < -0.39 is 0 Å². The molecule has 2 aliphatic rings. The number of piperidine rings is 1. The molecule has 0 bridgehead atoms. The quantitative estimate of drug-likeness (QED) is 0.771. The molecule has 0 aromatic heterocycles. The molecule has 1 aliphatic carbocycles. The molecule has 1 heterocycles. The van der Waals surface area contributed by atoms with Crippen molar-refractivity contribution in [3.63, 3.8) is 0 Å². The van der Waals surface area contributed by atoms with Crippen LogP contribution >= 0.6 is 0 Å². The van der Waals surface area contributed by atoms with Crippen molar-refractivity contribution < 1.29 is 4.79 Å². The Hall–Kier alpha value is -0.570. The van der Waals surface area contributed by atoms with Crippen LogP contribution in [-0.4, -0.2) is 24.0 Å². The van der Waals surface area contributed by atoms with Crippen molar-refractivity contribution >= 4 is 5.91 Å². The van der Waals surface area contributed by atoms with Crippen LogP contribution in [0.3, 0.4) is 0 Å². The Morgan fingerprint density at radius 2 is 1.84 bits per heavy atom. The molecule has 1 saturated heterocycles. The molecule has 3 heteroatoms. The highest BCUT2D eigenvalue weighted by molar-refractivity contribution is 5.86. The molecule has 0 spiro atoms. The van der Waals surface area contributed by atoms with E-state index in [2.05, 4.69) is 24.5 Å². The fraction of sp³-hybridized carbons (Fsp3) is 0.938. The Kier molecular flexibility index (Phi) is 5.26. The lowest BCUT2D eigenvalue weighted by Gasteiger charge is -2.35. The van der Waals surface area contributed by atoms with Crippen molar-refractivity contribution in [3.8, 4) is 0 Å². The first-order valence-corrected chi connectivity index (χ1v) is 8.18. The van der Waals surface area contributed by atoms with Gasteiger partial charge in [-0.2, -0.15) is 0 Å². The maximum absolute atomic E-state index is 12.5. The van der Waals surface area contributed by atoms with Crippen LogP contribution in [0.4, 0.5) is 0 Å². The first-order valence-electron chi connectivity index (χ1n) is 8.18. The molecule has 1 aliphatic heterocycles. The van der Waals surface area contributed by atoms with Gasteiger partial charge in [0.1, 0.15) is 0 Å². The Balaban J connectivity index is 1.86. The molecule has 110 valence electrons. The van der Waals surface area contributed by atoms with E-state index in [1.807, 2.05) is 0 Å². The summed E-state index contributed by atoms with van der Waals surface area (Å²) in [5.74, 6) is 0.891. The number of carbonyl (C=O) groups excluding carboxylic acids is 1. The van der Waals surface area contributed by atoms with Gasteiger partial charge in [0.15, 0.2) is 0 Å². The van der Waals surface area contributed by atoms with Crippen LogP contribution in [0.15, 0.2) is 0 Å². The van der Waals surface area contributed by atoms with E-state index >= 15 is 0 Å². The van der Waals surface area contributed by atoms with Gasteiger partial charge in [-0.3, -0.25) is 4.79 Å². The van der Waals surface area contributed by atoms with E-state index in [-0.39, 0.29) is 11.4 Å². The zero-order valence-electron chi connectivity index (χ0n) is 12.6. The van der Waals surface area contributed by atoms with Gasteiger partial charge in [-0.05, 0) is 58.4 Å². The Labute approximate surface area is 117 Å². The molecule has 1 saturated carbocycles. The molecular weight excluding hydrogens is 236 g/mol. The average Bonchev–Trinajstić information content (AvgIpc) is 2.68. The van der Waals surface area contributed by atoms with Crippen LogP contribution < -0.4 is 10.6 Å². The summed E-state index contributed by atoms with van der Waals surface area (Å²) in [6.07, 6.45) is 11.3. The standard InChI is InChI=1S/C16H30N2O/c1-13(14-9-5-3-4-6-10-14)18-15(19)16(2)11-7-8-12-17-16/h13-14,17H,3-12H2,1-2H3,(H,18,19)/t13-,16?/m0/s1. The minimum atomic E-state index is -0.336. The van der Waals surface area contributed by atoms with Gasteiger partial charge in [-0.25, -0.2) is 0 Å². The lowest BCUT2D eigenvalue weighted by molar-refractivity contribution is -0.129. The predicted molar refractivity (Wildman–Crippen MR) is 79.1 cm³/mol. The maximum atomic E-state index is 12.5. The van der Waals surface area contributed by atoms with Gasteiger partial charge in [0.05, 0.1) is 5.54 Å². The van der Waals surface area contributed by atoms with Gasteiger partial charge in [0.2, 0.25) is 5.91 Å². The van der Waals surface area contributed by atoms with Gasteiger partial charge in [-0.15, -0.1) is 0 Å². The highest BCUT2D eigenvalue weighted by Gasteiger charge is 2.35. The minimum Gasteiger partial charge on any atom is -0.352 e. The summed E-state index contributed by atoms with van der Waals surface area (Å²) in [6.45, 7) is 5.23. The molecular formula is C16H30N2O. The lowest BCUT2D eigenvalue weighted by atomic mass is 9.88. The second-order valence-electron chi connectivity index (χ2n) is 6.73. The summed E-state index contributed by atoms with van der Waals surface area (Å²) < 4.78 is 0. The summed E-state index contributed by atoms with van der Waals surface area (Å²) in [6, 6.07) is 0.325. The van der Waals surface area contributed by atoms with E-state index in [1.54, 1.807) is 0 Å². The molecule has 0 aromatic carbocycles. The second kappa shape index (κ2) is 6.74. The molecule has 3 nitrogen and oxygen atoms in total. The van der Waals surface area contributed by atoms with E-state index in [0.717, 1.165) is 19.4 Å². The largest absolute Gasteiger partial charge is 0.352 e. The fourth-order valence-electron chi connectivity index (χ4n) is 3.54. The fourth-order valence-corrected chi connectivity index (χ4v) is 3.54. The molecule has 0 aromatic rings. The van der Waals surface area contributed by atoms with E-state index in [4.69, 9.17) is 0 Å². The van der Waals surface area contributed by atoms with E-state index in [9.17, 15) is 4.79 Å². The second-order valence-corrected chi connectivity index (χ2v) is 6.73. The van der Waals surface area contributed by atoms with Gasteiger partial charge < -0.3 is 10.6 Å². The van der Waals surface area contributed by atoms with Gasteiger partial charge in [-0.1, -0.05) is 25.7 Å². The Bertz CT molecular complexity index is 289. The van der Waals surface area contributed by atoms with E-state index in [1.165, 1.54) is 44.9 Å². The third kappa shape index (κ3) is 3.95. The number of nitrogens with one attached hydrogen (secondary N) is 2. The van der Waals surface area contributed by atoms with Crippen molar-refractivity contribution in [3.05, 3.63) is 0 Å². The average molecular weight is 266 g/mol. The molecule has 2 fully saturated rings. The number of hydrogen-bond donors (Lipinski definition) is 2. The minimum absolute atomic E-state index is 0.212. The number of carbonyl (C=O) groups is 1. The summed E-state index contributed by atoms with van der Waals surface area (Å²) in [5, 5.41) is 6.69. The van der Waals surface area contributed by atoms with Crippen molar-refractivity contribution in [2.45, 2.75) is 83.2 Å². The monoisotopic (exact) mass is 266 g/mol. The van der Waals surface area contributed by atoms with Gasteiger partial charge >= 0.3 is 0 Å². The third-order valence-corrected chi connectivity index (χ3v) is 5.09. The van der Waals surface area contributed by atoms with Crippen molar-refractivity contribution in [2.75, 3.05) is 6.54 Å². The lowest BCUT2D eigenvalue weighted by Crippen LogP contribution is -2.59. The zero-order chi connectivity index (χ0) is 13.7. The summed E-state index contributed by atoms with van der Waals surface area (Å²) in [5.41, 5.74) is -0.336. The molecule has 2 atom stereocenters. The van der Waals surface area contributed by atoms with Crippen LogP contribution in [-0.2, 0) is 4.79 Å². The number of rotatable bonds is 3. The Morgan fingerprint density at radius 1 is 1.16 bits per heavy atom. The SMILES string of the molecule is C[C@H](NC(=O)C1(C)CCCCN1)C1CCCCCC1. The molecule has 19 heavy (non-hydrogen) atoms. The summed E-state index contributed by atoms with van der Waals surface area (Å²) in [7, 11) is 0. The first kappa shape index (κ1) is 14.8. The molecule has 2 rings (SSSR count). The third-order valence-electron chi connectivity index (χ3n) is 5.09. The van der Waals surface area contributed by atoms with Crippen LogP contribution in [0.1, 0.15) is 71.6 Å². The first-order chi connectivity index (χ1) is 9.12. The highest BCUT2D eigenvalue weighted by Crippen LogP contribution is 2.26. The van der Waals surface area contributed by atoms with Crippen LogP contribution in [0, 0.1) is 5.92 Å². The van der Waals surface area contributed by atoms with Gasteiger partial charge in [0, 0.05) is 6.04 Å². The normalized spacial score (nSPS) is 31.5. The van der Waals surface area contributed by atoms with Crippen LogP contribution in [0.2, 0.25) is 0 Å². The molecule has 0 radical (unpaired) electrons. The summed E-state index contributed by atoms with van der Waals surface area (Å²) in [4.78, 5) is 12.5. The maximum Gasteiger partial charge on any atom is 0.240 e. The van der Waals surface area contributed by atoms with Gasteiger partial charge in [0.25, 0.3) is 0 Å². The van der Waals surface area contributed by atoms with Crippen molar-refractivity contribution in [2.24, 2.45) is 5.92 Å². The molecule has 2 N–H and O–H groups in total. The molecule has 1 amide bonds. The van der Waals surface area contributed by atoms with Crippen molar-refractivity contribution in [1.82, 2.24) is 10.6 Å². The van der Waals surface area contributed by atoms with Crippen LogP contribution in [0.25, 0.3) is 0 Å². The number of hydrogen-bond acceptors (Lipinski definition) is 2. The topological polar surface area (TPSA) is 41.1 Å². The van der Waals surface area contributed by atoms with Crippen molar-refractivity contribution in [1.29, 1.82) is 0 Å². The highest BCUT2D eigenvalue weighted by atomic mass is 16.2. The Morgan fingerprint density at radius 3 is 2.42 bits per heavy atom.